The Bertz CT molecular complexity index is 1010. The summed E-state index contributed by atoms with van der Waals surface area (Å²) in [4.78, 5) is 0. The van der Waals surface area contributed by atoms with Crippen molar-refractivity contribution in [3.05, 3.63) is 72.0 Å². The number of allylic oxidation sites excluding steroid dienone is 1. The van der Waals surface area contributed by atoms with E-state index in [4.69, 9.17) is 13.9 Å². The van der Waals surface area contributed by atoms with Crippen molar-refractivity contribution in [1.29, 1.82) is 0 Å². The molecule has 1 atom stereocenters. The molecule has 2 aromatic rings. The fraction of sp³-hybridized carbons (Fsp3) is 0.548. The molecule has 0 radical (unpaired) electrons. The third-order valence-corrected chi connectivity index (χ3v) is 13.4. The van der Waals surface area contributed by atoms with Crippen LogP contribution in [-0.4, -0.2) is 14.9 Å². The summed E-state index contributed by atoms with van der Waals surface area (Å²) in [6, 6.07) is 18.5. The maximum Gasteiger partial charge on any atom is 0.250 e. The standard InChI is InChI=1S/C31H42O3Si/c1-31(2,3)35(4,5)34-28-13-9-10-24(19-28)30(21-32-27-11-7-6-8-12-27)33-20-29-25-15-22-14-23(17-25)18-26(29)16-22/h6-13,19-20,22-23,25-26,30H,14-18,21H2,1-5H3. The summed E-state index contributed by atoms with van der Waals surface area (Å²) < 4.78 is 19.4. The molecule has 0 amide bonds. The Kier molecular flexibility index (Phi) is 6.78. The van der Waals surface area contributed by atoms with E-state index in [1.165, 1.54) is 32.1 Å². The van der Waals surface area contributed by atoms with Gasteiger partial charge in [-0.2, -0.15) is 0 Å². The van der Waals surface area contributed by atoms with E-state index in [9.17, 15) is 0 Å². The number of benzene rings is 2. The Hall–Kier alpha value is -2.20. The van der Waals surface area contributed by atoms with Gasteiger partial charge in [-0.1, -0.05) is 51.1 Å². The lowest BCUT2D eigenvalue weighted by molar-refractivity contribution is 0.0498. The van der Waals surface area contributed by atoms with Gasteiger partial charge in [-0.25, -0.2) is 0 Å². The van der Waals surface area contributed by atoms with Crippen LogP contribution >= 0.6 is 0 Å². The van der Waals surface area contributed by atoms with Gasteiger partial charge in [0.1, 0.15) is 18.1 Å². The number of para-hydroxylation sites is 1. The molecule has 1 unspecified atom stereocenters. The molecule has 4 fully saturated rings. The summed E-state index contributed by atoms with van der Waals surface area (Å²) in [5, 5.41) is 0.152. The molecule has 0 heterocycles. The lowest BCUT2D eigenvalue weighted by Crippen LogP contribution is -2.43. The van der Waals surface area contributed by atoms with E-state index >= 15 is 0 Å². The van der Waals surface area contributed by atoms with Crippen LogP contribution in [0.15, 0.2) is 66.4 Å². The first-order valence-corrected chi connectivity index (χ1v) is 16.4. The van der Waals surface area contributed by atoms with Crippen LogP contribution in [0.5, 0.6) is 11.5 Å². The van der Waals surface area contributed by atoms with Crippen molar-refractivity contribution in [2.45, 2.75) is 77.1 Å². The fourth-order valence-electron chi connectivity index (χ4n) is 6.21. The Balaban J connectivity index is 1.36. The minimum absolute atomic E-state index is 0.152. The van der Waals surface area contributed by atoms with Crippen LogP contribution in [0.2, 0.25) is 18.1 Å². The second kappa shape index (κ2) is 9.69. The van der Waals surface area contributed by atoms with Crippen molar-refractivity contribution in [2.75, 3.05) is 6.61 Å². The molecule has 4 bridgehead atoms. The smallest absolute Gasteiger partial charge is 0.250 e. The van der Waals surface area contributed by atoms with Crippen LogP contribution in [0.25, 0.3) is 0 Å². The van der Waals surface area contributed by atoms with Crippen molar-refractivity contribution in [3.63, 3.8) is 0 Å². The zero-order valence-electron chi connectivity index (χ0n) is 22.1. The molecule has 35 heavy (non-hydrogen) atoms. The molecule has 4 aliphatic carbocycles. The molecule has 2 aromatic carbocycles. The zero-order valence-corrected chi connectivity index (χ0v) is 23.1. The van der Waals surface area contributed by atoms with E-state index < -0.39 is 8.32 Å². The van der Waals surface area contributed by atoms with Gasteiger partial charge in [0.05, 0.1) is 6.26 Å². The van der Waals surface area contributed by atoms with Crippen molar-refractivity contribution < 1.29 is 13.9 Å². The molecular formula is C31H42O3Si. The lowest BCUT2D eigenvalue weighted by Gasteiger charge is -2.51. The van der Waals surface area contributed by atoms with Crippen LogP contribution in [-0.2, 0) is 4.74 Å². The van der Waals surface area contributed by atoms with Gasteiger partial charge in [-0.3, -0.25) is 0 Å². The molecule has 0 N–H and O–H groups in total. The quantitative estimate of drug-likeness (QED) is 0.274. The third kappa shape index (κ3) is 5.48. The number of hydrogen-bond donors (Lipinski definition) is 0. The van der Waals surface area contributed by atoms with Crippen LogP contribution < -0.4 is 9.16 Å². The lowest BCUT2D eigenvalue weighted by atomic mass is 9.54. The van der Waals surface area contributed by atoms with Gasteiger partial charge in [0.25, 0.3) is 0 Å². The number of hydrogen-bond acceptors (Lipinski definition) is 3. The minimum atomic E-state index is -1.92. The highest BCUT2D eigenvalue weighted by atomic mass is 28.4. The van der Waals surface area contributed by atoms with E-state index in [-0.39, 0.29) is 11.1 Å². The van der Waals surface area contributed by atoms with Crippen LogP contribution in [0.4, 0.5) is 0 Å². The normalized spacial score (nSPS) is 26.4. The van der Waals surface area contributed by atoms with Crippen LogP contribution in [0, 0.1) is 23.7 Å². The molecule has 188 valence electrons. The monoisotopic (exact) mass is 490 g/mol. The van der Waals surface area contributed by atoms with E-state index in [1.807, 2.05) is 30.3 Å². The SMILES string of the molecule is CC(C)(C)[Si](C)(C)Oc1cccc(C(COc2ccccc2)OC=C2C3CC4CC(C3)CC2C4)c1. The molecule has 0 aliphatic heterocycles. The van der Waals surface area contributed by atoms with Gasteiger partial charge < -0.3 is 13.9 Å². The summed E-state index contributed by atoms with van der Waals surface area (Å²) in [7, 11) is -1.92. The van der Waals surface area contributed by atoms with Gasteiger partial charge in [0.2, 0.25) is 8.32 Å². The molecule has 3 nitrogen and oxygen atoms in total. The second-order valence-electron chi connectivity index (χ2n) is 12.6. The van der Waals surface area contributed by atoms with Gasteiger partial charge in [0, 0.05) is 0 Å². The summed E-state index contributed by atoms with van der Waals surface area (Å²) >= 11 is 0. The van der Waals surface area contributed by atoms with E-state index in [1.54, 1.807) is 5.57 Å². The average Bonchev–Trinajstić information content (AvgIpc) is 2.80. The Labute approximate surface area is 213 Å². The number of rotatable bonds is 8. The van der Waals surface area contributed by atoms with Crippen molar-refractivity contribution >= 4 is 8.32 Å². The van der Waals surface area contributed by atoms with Gasteiger partial charge in [0.15, 0.2) is 6.10 Å². The minimum Gasteiger partial charge on any atom is -0.543 e. The first-order valence-electron chi connectivity index (χ1n) is 13.5. The number of ether oxygens (including phenoxy) is 2. The molecule has 4 saturated carbocycles. The summed E-state index contributed by atoms with van der Waals surface area (Å²) in [5.74, 6) is 5.18. The first kappa shape index (κ1) is 24.5. The summed E-state index contributed by atoms with van der Waals surface area (Å²) in [5.41, 5.74) is 2.67. The fourth-order valence-corrected chi connectivity index (χ4v) is 7.23. The summed E-state index contributed by atoms with van der Waals surface area (Å²) in [6.07, 6.45) is 8.88. The van der Waals surface area contributed by atoms with Gasteiger partial charge in [-0.05, 0) is 109 Å². The molecule has 4 aliphatic rings. The molecule has 0 spiro atoms. The van der Waals surface area contributed by atoms with Crippen molar-refractivity contribution in [2.24, 2.45) is 23.7 Å². The van der Waals surface area contributed by atoms with E-state index in [0.29, 0.717) is 6.61 Å². The topological polar surface area (TPSA) is 27.7 Å². The van der Waals surface area contributed by atoms with Crippen molar-refractivity contribution in [3.8, 4) is 11.5 Å². The summed E-state index contributed by atoms with van der Waals surface area (Å²) in [6.45, 7) is 11.9. The highest BCUT2D eigenvalue weighted by Gasteiger charge is 2.45. The Morgan fingerprint density at radius 3 is 2.11 bits per heavy atom. The first-order chi connectivity index (χ1) is 16.7. The molecule has 0 aromatic heterocycles. The Morgan fingerprint density at radius 1 is 0.857 bits per heavy atom. The second-order valence-corrected chi connectivity index (χ2v) is 17.3. The average molecular weight is 491 g/mol. The molecular weight excluding hydrogens is 448 g/mol. The highest BCUT2D eigenvalue weighted by molar-refractivity contribution is 6.74. The van der Waals surface area contributed by atoms with Gasteiger partial charge in [-0.15, -0.1) is 0 Å². The van der Waals surface area contributed by atoms with Crippen LogP contribution in [0.3, 0.4) is 0 Å². The predicted molar refractivity (Wildman–Crippen MR) is 145 cm³/mol. The zero-order chi connectivity index (χ0) is 24.6. The molecule has 4 heteroatoms. The van der Waals surface area contributed by atoms with Crippen molar-refractivity contribution in [1.82, 2.24) is 0 Å². The maximum atomic E-state index is 6.62. The maximum absolute atomic E-state index is 6.62. The third-order valence-electron chi connectivity index (χ3n) is 9.00. The Morgan fingerprint density at radius 2 is 1.49 bits per heavy atom. The predicted octanol–water partition coefficient (Wildman–Crippen LogP) is 8.55. The molecule has 0 saturated heterocycles. The highest BCUT2D eigenvalue weighted by Crippen LogP contribution is 2.56. The largest absolute Gasteiger partial charge is 0.543 e. The van der Waals surface area contributed by atoms with E-state index in [0.717, 1.165) is 40.7 Å². The molecule has 6 rings (SSSR count). The van der Waals surface area contributed by atoms with Crippen LogP contribution in [0.1, 0.15) is 64.5 Å². The van der Waals surface area contributed by atoms with E-state index in [2.05, 4.69) is 64.4 Å². The van der Waals surface area contributed by atoms with Gasteiger partial charge >= 0.3 is 0 Å².